The molecule has 1 aliphatic heterocycles. The fraction of sp³-hybridized carbons (Fsp3) is 0.346. The zero-order valence-corrected chi connectivity index (χ0v) is 21.8. The van der Waals surface area contributed by atoms with Crippen LogP contribution in [0.4, 0.5) is 5.69 Å². The number of esters is 1. The van der Waals surface area contributed by atoms with Gasteiger partial charge in [-0.15, -0.1) is 0 Å². The topological polar surface area (TPSA) is 92.1 Å². The number of rotatable bonds is 9. The van der Waals surface area contributed by atoms with Crippen LogP contribution < -0.4 is 14.8 Å². The number of methoxy groups -OCH3 is 3. The number of benzene rings is 2. The first kappa shape index (κ1) is 25.9. The van der Waals surface area contributed by atoms with Gasteiger partial charge in [0.1, 0.15) is 23.0 Å². The summed E-state index contributed by atoms with van der Waals surface area (Å²) in [6, 6.07) is 11.2. The molecule has 0 fully saturated rings. The zero-order chi connectivity index (χ0) is 25.7. The molecule has 1 N–H and O–H groups in total. The van der Waals surface area contributed by atoms with E-state index in [-0.39, 0.29) is 5.97 Å². The number of nitrogens with zero attached hydrogens (tertiary/aromatic N) is 1. The molecule has 0 bridgehead atoms. The van der Waals surface area contributed by atoms with E-state index in [0.29, 0.717) is 58.8 Å². The summed E-state index contributed by atoms with van der Waals surface area (Å²) in [6.45, 7) is 0. The highest BCUT2D eigenvalue weighted by molar-refractivity contribution is 7.80. The molecule has 0 saturated carbocycles. The smallest absolute Gasteiger partial charge is 0.305 e. The summed E-state index contributed by atoms with van der Waals surface area (Å²) in [5.74, 6) is 2.06. The Morgan fingerprint density at radius 2 is 2.00 bits per heavy atom. The van der Waals surface area contributed by atoms with Gasteiger partial charge in [0.15, 0.2) is 17.4 Å². The number of halogens is 1. The second-order valence-corrected chi connectivity index (χ2v) is 9.04. The zero-order valence-electron chi connectivity index (χ0n) is 20.2. The number of thiocarbonyl (C=S) groups is 1. The monoisotopic (exact) mass is 530 g/mol. The van der Waals surface area contributed by atoms with E-state index in [0.717, 1.165) is 16.8 Å². The number of anilines is 1. The van der Waals surface area contributed by atoms with Crippen molar-refractivity contribution in [2.75, 3.05) is 26.6 Å². The number of para-hydroxylation sites is 1. The molecule has 190 valence electrons. The quantitative estimate of drug-likeness (QED) is 0.292. The number of hydrogen-bond donors (Lipinski definition) is 1. The van der Waals surface area contributed by atoms with Gasteiger partial charge in [0.25, 0.3) is 0 Å². The number of fused-ring (bicyclic) bond motifs is 1. The van der Waals surface area contributed by atoms with Crippen LogP contribution in [0.3, 0.4) is 0 Å². The van der Waals surface area contributed by atoms with E-state index < -0.39 is 12.2 Å². The second-order valence-electron chi connectivity index (χ2n) is 8.16. The van der Waals surface area contributed by atoms with E-state index in [4.69, 9.17) is 42.4 Å². The van der Waals surface area contributed by atoms with Crippen LogP contribution in [0, 0.1) is 0 Å². The Hall–Kier alpha value is -3.14. The summed E-state index contributed by atoms with van der Waals surface area (Å²) in [7, 11) is 4.55. The Kier molecular flexibility index (Phi) is 8.45. The number of aromatic nitrogens is 1. The van der Waals surface area contributed by atoms with Crippen LogP contribution in [0.25, 0.3) is 0 Å². The number of carbonyl (C=O) groups is 1. The molecule has 1 aromatic heterocycles. The van der Waals surface area contributed by atoms with Gasteiger partial charge in [-0.2, -0.15) is 0 Å². The SMILES string of the molecule is COC(=O)CCCc1cnc(C[C@@H]2O[C@@H](c3cccc(OC)c3OC)c3cc(Cl)ccc3NC2=S)o1. The highest BCUT2D eigenvalue weighted by Crippen LogP contribution is 2.43. The van der Waals surface area contributed by atoms with E-state index in [9.17, 15) is 4.79 Å². The number of oxazole rings is 1. The number of nitrogens with one attached hydrogen (secondary N) is 1. The third kappa shape index (κ3) is 5.80. The third-order valence-electron chi connectivity index (χ3n) is 5.86. The van der Waals surface area contributed by atoms with Crippen LogP contribution in [0.5, 0.6) is 11.5 Å². The van der Waals surface area contributed by atoms with Crippen LogP contribution in [-0.4, -0.2) is 43.4 Å². The van der Waals surface area contributed by atoms with Crippen molar-refractivity contribution in [3.8, 4) is 11.5 Å². The van der Waals surface area contributed by atoms with Crippen molar-refractivity contribution in [2.45, 2.75) is 37.9 Å². The van der Waals surface area contributed by atoms with Crippen molar-refractivity contribution in [3.05, 3.63) is 70.4 Å². The molecule has 0 saturated heterocycles. The van der Waals surface area contributed by atoms with Crippen molar-refractivity contribution in [2.24, 2.45) is 0 Å². The highest BCUT2D eigenvalue weighted by Gasteiger charge is 2.33. The predicted octanol–water partition coefficient (Wildman–Crippen LogP) is 5.31. The van der Waals surface area contributed by atoms with Crippen molar-refractivity contribution < 1.29 is 28.2 Å². The first-order valence-electron chi connectivity index (χ1n) is 11.4. The molecule has 36 heavy (non-hydrogen) atoms. The molecule has 10 heteroatoms. The van der Waals surface area contributed by atoms with Crippen molar-refractivity contribution >= 4 is 40.5 Å². The second kappa shape index (κ2) is 11.7. The lowest BCUT2D eigenvalue weighted by Gasteiger charge is -2.24. The van der Waals surface area contributed by atoms with E-state index in [2.05, 4.69) is 15.0 Å². The van der Waals surface area contributed by atoms with Gasteiger partial charge in [-0.05, 0) is 30.7 Å². The molecule has 4 rings (SSSR count). The molecule has 0 aliphatic carbocycles. The van der Waals surface area contributed by atoms with Gasteiger partial charge in [0.05, 0.1) is 33.9 Å². The molecular formula is C26H27ClN2O6S. The average molecular weight is 531 g/mol. The van der Waals surface area contributed by atoms with Crippen LogP contribution >= 0.6 is 23.8 Å². The Labute approximate surface area is 219 Å². The number of hydrogen-bond acceptors (Lipinski definition) is 8. The normalized spacial score (nSPS) is 17.1. The molecule has 1 aliphatic rings. The summed E-state index contributed by atoms with van der Waals surface area (Å²) in [6.07, 6.45) is 2.37. The summed E-state index contributed by atoms with van der Waals surface area (Å²) in [5, 5.41) is 3.87. The molecule has 3 aromatic rings. The highest BCUT2D eigenvalue weighted by atomic mass is 35.5. The average Bonchev–Trinajstić information content (AvgIpc) is 3.28. The van der Waals surface area contributed by atoms with E-state index in [1.165, 1.54) is 7.11 Å². The Morgan fingerprint density at radius 1 is 1.17 bits per heavy atom. The van der Waals surface area contributed by atoms with Crippen LogP contribution in [0.1, 0.15) is 41.7 Å². The molecule has 2 aromatic carbocycles. The standard InChI is InChI=1S/C26H27ClN2O6S/c1-31-20-8-5-7-17(25(20)33-3)24-18-12-15(27)10-11-19(18)29-26(36)21(35-24)13-22-28-14-16(34-22)6-4-9-23(30)32-2/h5,7-8,10-12,14,21,24H,4,6,9,13H2,1-3H3,(H,29,36)/t21-,24-/m0/s1. The van der Waals surface area contributed by atoms with Crippen LogP contribution in [0.15, 0.2) is 47.0 Å². The summed E-state index contributed by atoms with van der Waals surface area (Å²) >= 11 is 12.1. The predicted molar refractivity (Wildman–Crippen MR) is 139 cm³/mol. The molecular weight excluding hydrogens is 504 g/mol. The lowest BCUT2D eigenvalue weighted by atomic mass is 9.98. The van der Waals surface area contributed by atoms with Gasteiger partial charge in [0.2, 0.25) is 0 Å². The van der Waals surface area contributed by atoms with Crippen LogP contribution in [-0.2, 0) is 27.1 Å². The first-order valence-corrected chi connectivity index (χ1v) is 12.2. The molecule has 0 radical (unpaired) electrons. The van der Waals surface area contributed by atoms with Gasteiger partial charge in [-0.1, -0.05) is 36.0 Å². The minimum atomic E-state index is -0.559. The van der Waals surface area contributed by atoms with Crippen molar-refractivity contribution in [1.82, 2.24) is 4.98 Å². The van der Waals surface area contributed by atoms with Crippen LogP contribution in [0.2, 0.25) is 5.02 Å². The summed E-state index contributed by atoms with van der Waals surface area (Å²) in [4.78, 5) is 16.2. The van der Waals surface area contributed by atoms with Crippen molar-refractivity contribution in [3.63, 3.8) is 0 Å². The van der Waals surface area contributed by atoms with Gasteiger partial charge in [-0.25, -0.2) is 4.98 Å². The Balaban J connectivity index is 1.62. The Bertz CT molecular complexity index is 1250. The van der Waals surface area contributed by atoms with Gasteiger partial charge >= 0.3 is 5.97 Å². The third-order valence-corrected chi connectivity index (χ3v) is 6.46. The first-order chi connectivity index (χ1) is 17.4. The fourth-order valence-electron chi connectivity index (χ4n) is 4.10. The van der Waals surface area contributed by atoms with E-state index in [1.54, 1.807) is 26.5 Å². The lowest BCUT2D eigenvalue weighted by molar-refractivity contribution is -0.140. The molecule has 2 atom stereocenters. The van der Waals surface area contributed by atoms with Gasteiger partial charge in [-0.3, -0.25) is 4.79 Å². The van der Waals surface area contributed by atoms with Gasteiger partial charge in [0, 0.05) is 34.7 Å². The molecule has 0 spiro atoms. The van der Waals surface area contributed by atoms with E-state index >= 15 is 0 Å². The minimum absolute atomic E-state index is 0.253. The maximum Gasteiger partial charge on any atom is 0.305 e. The maximum absolute atomic E-state index is 11.4. The lowest BCUT2D eigenvalue weighted by Crippen LogP contribution is -2.30. The molecule has 2 heterocycles. The number of aryl methyl sites for hydroxylation is 1. The largest absolute Gasteiger partial charge is 0.493 e. The van der Waals surface area contributed by atoms with E-state index in [1.807, 2.05) is 30.3 Å². The van der Waals surface area contributed by atoms with Crippen molar-refractivity contribution in [1.29, 1.82) is 0 Å². The Morgan fingerprint density at radius 3 is 2.75 bits per heavy atom. The number of carbonyl (C=O) groups excluding carboxylic acids is 1. The summed E-state index contributed by atoms with van der Waals surface area (Å²) < 4.78 is 28.4. The molecule has 8 nitrogen and oxygen atoms in total. The number of ether oxygens (including phenoxy) is 4. The molecule has 0 unspecified atom stereocenters. The summed E-state index contributed by atoms with van der Waals surface area (Å²) in [5.41, 5.74) is 2.38. The fourth-order valence-corrected chi connectivity index (χ4v) is 4.53. The maximum atomic E-state index is 11.4. The molecule has 0 amide bonds. The minimum Gasteiger partial charge on any atom is -0.493 e. The van der Waals surface area contributed by atoms with Gasteiger partial charge < -0.3 is 28.7 Å².